The average molecular weight is 384 g/mol. The minimum atomic E-state index is -0.704. The molecular weight excluding hydrogens is 364 g/mol. The molecule has 1 saturated heterocycles. The number of ether oxygens (including phenoxy) is 2. The van der Waals surface area contributed by atoms with Gasteiger partial charge in [-0.15, -0.1) is 5.10 Å². The predicted molar refractivity (Wildman–Crippen MR) is 96.2 cm³/mol. The quantitative estimate of drug-likeness (QED) is 0.656. The fourth-order valence-electron chi connectivity index (χ4n) is 2.92. The molecule has 2 heterocycles. The van der Waals surface area contributed by atoms with E-state index in [2.05, 4.69) is 15.6 Å². The normalized spacial score (nSPS) is 16.2. The molecule has 1 N–H and O–H groups in total. The van der Waals surface area contributed by atoms with Gasteiger partial charge in [-0.25, -0.2) is 9.48 Å². The van der Waals surface area contributed by atoms with Gasteiger partial charge >= 0.3 is 6.03 Å². The van der Waals surface area contributed by atoms with Crippen molar-refractivity contribution in [3.8, 4) is 11.8 Å². The van der Waals surface area contributed by atoms with Crippen molar-refractivity contribution in [3.63, 3.8) is 0 Å². The van der Waals surface area contributed by atoms with Crippen LogP contribution in [0.25, 0.3) is 0 Å². The molecule has 1 aliphatic heterocycles. The zero-order valence-corrected chi connectivity index (χ0v) is 15.6. The molecule has 28 heavy (non-hydrogen) atoms. The van der Waals surface area contributed by atoms with Gasteiger partial charge in [-0.3, -0.25) is 9.69 Å². The fourth-order valence-corrected chi connectivity index (χ4v) is 2.92. The third kappa shape index (κ3) is 4.10. The number of urea groups is 1. The van der Waals surface area contributed by atoms with Crippen LogP contribution in [0.2, 0.25) is 0 Å². The maximum Gasteiger partial charge on any atom is 0.325 e. The second-order valence-electron chi connectivity index (χ2n) is 6.23. The lowest BCUT2D eigenvalue weighted by molar-refractivity contribution is -0.127. The lowest BCUT2D eigenvalue weighted by atomic mass is 10.1. The van der Waals surface area contributed by atoms with Gasteiger partial charge in [0.1, 0.15) is 11.8 Å². The van der Waals surface area contributed by atoms with Crippen LogP contribution < -0.4 is 10.1 Å². The summed E-state index contributed by atoms with van der Waals surface area (Å²) in [4.78, 5) is 26.1. The van der Waals surface area contributed by atoms with Crippen molar-refractivity contribution in [1.82, 2.24) is 25.2 Å². The molecule has 3 amide bonds. The van der Waals surface area contributed by atoms with E-state index in [1.807, 2.05) is 6.07 Å². The number of nitriles is 1. The summed E-state index contributed by atoms with van der Waals surface area (Å²) in [6.07, 6.45) is 1.98. The SMILES string of the molecule is COCCn1cc(CC2NC(=O)N(Cc3ccc(C#N)cc3OC)C2=O)nn1. The molecule has 146 valence electrons. The van der Waals surface area contributed by atoms with Crippen LogP contribution in [0, 0.1) is 11.3 Å². The van der Waals surface area contributed by atoms with Gasteiger partial charge in [-0.05, 0) is 12.1 Å². The number of nitrogens with zero attached hydrogens (tertiary/aromatic N) is 5. The predicted octanol–water partition coefficient (Wildman–Crippen LogP) is 0.468. The highest BCUT2D eigenvalue weighted by Crippen LogP contribution is 2.23. The smallest absolute Gasteiger partial charge is 0.325 e. The largest absolute Gasteiger partial charge is 0.496 e. The molecule has 1 atom stereocenters. The summed E-state index contributed by atoms with van der Waals surface area (Å²) >= 11 is 0. The standard InChI is InChI=1S/C18H20N6O4/c1-27-6-5-23-11-14(21-22-23)8-15-17(25)24(18(26)20-15)10-13-4-3-12(9-19)7-16(13)28-2/h3-4,7,11,15H,5-6,8,10H2,1-2H3,(H,20,26). The molecule has 2 aromatic rings. The number of methoxy groups -OCH3 is 2. The number of aromatic nitrogens is 3. The van der Waals surface area contributed by atoms with Crippen molar-refractivity contribution < 1.29 is 19.1 Å². The van der Waals surface area contributed by atoms with Gasteiger partial charge in [-0.1, -0.05) is 11.3 Å². The Bertz CT molecular complexity index is 919. The highest BCUT2D eigenvalue weighted by molar-refractivity contribution is 6.04. The van der Waals surface area contributed by atoms with Crippen molar-refractivity contribution in [2.45, 2.75) is 25.6 Å². The summed E-state index contributed by atoms with van der Waals surface area (Å²) in [5.41, 5.74) is 1.68. The Kier molecular flexibility index (Phi) is 5.86. The van der Waals surface area contributed by atoms with Crippen molar-refractivity contribution in [2.75, 3.05) is 20.8 Å². The van der Waals surface area contributed by atoms with Crippen LogP contribution in [0.1, 0.15) is 16.8 Å². The van der Waals surface area contributed by atoms with E-state index in [0.717, 1.165) is 4.90 Å². The van der Waals surface area contributed by atoms with Crippen LogP contribution in [0.15, 0.2) is 24.4 Å². The van der Waals surface area contributed by atoms with Gasteiger partial charge in [0.2, 0.25) is 0 Å². The number of carbonyl (C=O) groups is 2. The molecule has 10 heteroatoms. The Morgan fingerprint density at radius 2 is 2.14 bits per heavy atom. The number of amides is 3. The van der Waals surface area contributed by atoms with Gasteiger partial charge in [0.15, 0.2) is 0 Å². The van der Waals surface area contributed by atoms with E-state index in [-0.39, 0.29) is 18.9 Å². The van der Waals surface area contributed by atoms with E-state index in [1.165, 1.54) is 7.11 Å². The highest BCUT2D eigenvalue weighted by atomic mass is 16.5. The van der Waals surface area contributed by atoms with Crippen LogP contribution in [0.3, 0.4) is 0 Å². The Balaban J connectivity index is 1.68. The molecule has 10 nitrogen and oxygen atoms in total. The summed E-state index contributed by atoms with van der Waals surface area (Å²) < 4.78 is 11.9. The number of hydrogen-bond donors (Lipinski definition) is 1. The molecule has 1 aliphatic rings. The molecule has 0 saturated carbocycles. The van der Waals surface area contributed by atoms with E-state index in [0.29, 0.717) is 35.7 Å². The minimum absolute atomic E-state index is 0.0522. The van der Waals surface area contributed by atoms with Gasteiger partial charge in [-0.2, -0.15) is 5.26 Å². The zero-order chi connectivity index (χ0) is 20.1. The molecule has 1 aromatic heterocycles. The topological polar surface area (TPSA) is 122 Å². The number of rotatable bonds is 8. The first-order valence-corrected chi connectivity index (χ1v) is 8.62. The minimum Gasteiger partial charge on any atom is -0.496 e. The monoisotopic (exact) mass is 384 g/mol. The Morgan fingerprint density at radius 1 is 1.32 bits per heavy atom. The van der Waals surface area contributed by atoms with E-state index in [9.17, 15) is 9.59 Å². The Labute approximate surface area is 161 Å². The van der Waals surface area contributed by atoms with E-state index in [4.69, 9.17) is 14.7 Å². The van der Waals surface area contributed by atoms with Crippen molar-refractivity contribution in [2.24, 2.45) is 0 Å². The second-order valence-corrected chi connectivity index (χ2v) is 6.23. The molecule has 0 aliphatic carbocycles. The molecule has 1 fully saturated rings. The molecule has 3 rings (SSSR count). The van der Waals surface area contributed by atoms with Gasteiger partial charge in [0, 0.05) is 25.3 Å². The second kappa shape index (κ2) is 8.49. The number of nitrogens with one attached hydrogen (secondary N) is 1. The van der Waals surface area contributed by atoms with E-state index in [1.54, 1.807) is 36.2 Å². The summed E-state index contributed by atoms with van der Waals surface area (Å²) in [6, 6.07) is 5.71. The number of imide groups is 1. The average Bonchev–Trinajstić information content (AvgIpc) is 3.26. The van der Waals surface area contributed by atoms with Crippen molar-refractivity contribution >= 4 is 11.9 Å². The van der Waals surface area contributed by atoms with Crippen LogP contribution in [0.4, 0.5) is 4.79 Å². The van der Waals surface area contributed by atoms with Crippen molar-refractivity contribution in [1.29, 1.82) is 5.26 Å². The van der Waals surface area contributed by atoms with Crippen LogP contribution in [0.5, 0.6) is 5.75 Å². The molecular formula is C18H20N6O4. The van der Waals surface area contributed by atoms with Crippen LogP contribution >= 0.6 is 0 Å². The van der Waals surface area contributed by atoms with Crippen molar-refractivity contribution in [3.05, 3.63) is 41.2 Å². The lowest BCUT2D eigenvalue weighted by Crippen LogP contribution is -2.32. The first-order valence-electron chi connectivity index (χ1n) is 8.62. The van der Waals surface area contributed by atoms with E-state index < -0.39 is 12.1 Å². The lowest BCUT2D eigenvalue weighted by Gasteiger charge is -2.15. The summed E-state index contributed by atoms with van der Waals surface area (Å²) in [5, 5.41) is 19.7. The third-order valence-corrected chi connectivity index (χ3v) is 4.38. The Hall–Kier alpha value is -3.45. The zero-order valence-electron chi connectivity index (χ0n) is 15.6. The van der Waals surface area contributed by atoms with Crippen LogP contribution in [-0.4, -0.2) is 58.7 Å². The molecule has 0 bridgehead atoms. The fraction of sp³-hybridized carbons (Fsp3) is 0.389. The molecule has 1 aromatic carbocycles. The maximum absolute atomic E-state index is 12.7. The summed E-state index contributed by atoms with van der Waals surface area (Å²) in [7, 11) is 3.07. The first-order chi connectivity index (χ1) is 13.5. The van der Waals surface area contributed by atoms with Gasteiger partial charge < -0.3 is 14.8 Å². The number of hydrogen-bond acceptors (Lipinski definition) is 7. The maximum atomic E-state index is 12.7. The van der Waals surface area contributed by atoms with Crippen LogP contribution in [-0.2, 0) is 29.0 Å². The first kappa shape index (κ1) is 19.3. The van der Waals surface area contributed by atoms with Gasteiger partial charge in [0.25, 0.3) is 5.91 Å². The Morgan fingerprint density at radius 3 is 2.86 bits per heavy atom. The summed E-state index contributed by atoms with van der Waals surface area (Å²) in [5.74, 6) is 0.104. The summed E-state index contributed by atoms with van der Waals surface area (Å²) in [6.45, 7) is 1.11. The van der Waals surface area contributed by atoms with Gasteiger partial charge in [0.05, 0.1) is 44.1 Å². The van der Waals surface area contributed by atoms with E-state index >= 15 is 0 Å². The molecule has 0 radical (unpaired) electrons. The molecule has 1 unspecified atom stereocenters. The third-order valence-electron chi connectivity index (χ3n) is 4.38. The highest BCUT2D eigenvalue weighted by Gasteiger charge is 2.38. The molecule has 0 spiro atoms. The number of carbonyl (C=O) groups excluding carboxylic acids is 2. The number of benzene rings is 1.